The van der Waals surface area contributed by atoms with E-state index in [9.17, 15) is 18.0 Å². The molecule has 0 fully saturated rings. The predicted molar refractivity (Wildman–Crippen MR) is 111 cm³/mol. The first kappa shape index (κ1) is 21.7. The van der Waals surface area contributed by atoms with Crippen molar-refractivity contribution in [3.05, 3.63) is 63.1 Å². The summed E-state index contributed by atoms with van der Waals surface area (Å²) in [7, 11) is 1.82. The third-order valence-corrected chi connectivity index (χ3v) is 6.69. The summed E-state index contributed by atoms with van der Waals surface area (Å²) < 4.78 is 41.3. The molecule has 0 saturated carbocycles. The standard InChI is InChI=1S/C20H19BrF3N3OS/c1-27-16(5-6-26-27)19-15(21)10-18(29-19)17(28)9-13(11-25)7-12-3-2-4-14(8-12)20(22,23)24/h2-6,8,10,13H,7,9,11,25H2,1H3/t13-/m1/s1. The minimum Gasteiger partial charge on any atom is -0.330 e. The van der Waals surface area contributed by atoms with Crippen molar-refractivity contribution < 1.29 is 18.0 Å². The van der Waals surface area contributed by atoms with E-state index >= 15 is 0 Å². The molecule has 0 bridgehead atoms. The molecule has 29 heavy (non-hydrogen) atoms. The van der Waals surface area contributed by atoms with Crippen molar-refractivity contribution in [1.82, 2.24) is 9.78 Å². The van der Waals surface area contributed by atoms with Gasteiger partial charge in [0.05, 0.1) is 21.0 Å². The Morgan fingerprint density at radius 2 is 2.07 bits per heavy atom. The van der Waals surface area contributed by atoms with E-state index in [2.05, 4.69) is 21.0 Å². The summed E-state index contributed by atoms with van der Waals surface area (Å²) in [6.45, 7) is 0.211. The molecule has 1 atom stereocenters. The molecule has 0 spiro atoms. The Hall–Kier alpha value is -1.97. The number of aryl methyl sites for hydroxylation is 1. The number of Topliss-reactive ketones (excluding diaryl/α,β-unsaturated/α-hetero) is 1. The Morgan fingerprint density at radius 1 is 1.31 bits per heavy atom. The number of thiophene rings is 1. The molecule has 0 radical (unpaired) electrons. The maximum Gasteiger partial charge on any atom is 0.416 e. The Bertz CT molecular complexity index is 1010. The van der Waals surface area contributed by atoms with Crippen molar-refractivity contribution in [2.24, 2.45) is 18.7 Å². The van der Waals surface area contributed by atoms with Gasteiger partial charge in [0.2, 0.25) is 0 Å². The summed E-state index contributed by atoms with van der Waals surface area (Å²) in [5.41, 5.74) is 6.53. The summed E-state index contributed by atoms with van der Waals surface area (Å²) in [4.78, 5) is 14.3. The lowest BCUT2D eigenvalue weighted by Crippen LogP contribution is -2.20. The average molecular weight is 486 g/mol. The molecule has 2 heterocycles. The van der Waals surface area contributed by atoms with E-state index in [1.807, 2.05) is 13.1 Å². The Morgan fingerprint density at radius 3 is 2.69 bits per heavy atom. The number of nitrogens with zero attached hydrogens (tertiary/aromatic N) is 2. The van der Waals surface area contributed by atoms with Crippen molar-refractivity contribution in [3.63, 3.8) is 0 Å². The van der Waals surface area contributed by atoms with Gasteiger partial charge in [0.15, 0.2) is 5.78 Å². The van der Waals surface area contributed by atoms with E-state index in [1.165, 1.54) is 17.4 Å². The maximum absolute atomic E-state index is 12.9. The number of aromatic nitrogens is 2. The number of hydrogen-bond acceptors (Lipinski definition) is 4. The number of alkyl halides is 3. The van der Waals surface area contributed by atoms with Gasteiger partial charge in [-0.2, -0.15) is 18.3 Å². The van der Waals surface area contributed by atoms with Crippen LogP contribution in [0, 0.1) is 5.92 Å². The number of ketones is 1. The normalized spacial score (nSPS) is 12.9. The quantitative estimate of drug-likeness (QED) is 0.460. The van der Waals surface area contributed by atoms with E-state index in [4.69, 9.17) is 5.73 Å². The molecule has 0 aliphatic carbocycles. The third-order valence-electron chi connectivity index (χ3n) is 4.60. The van der Waals surface area contributed by atoms with Crippen molar-refractivity contribution in [2.45, 2.75) is 19.0 Å². The number of carbonyl (C=O) groups is 1. The number of carbonyl (C=O) groups excluding carboxylic acids is 1. The van der Waals surface area contributed by atoms with Crippen molar-refractivity contribution >= 4 is 33.0 Å². The fraction of sp³-hybridized carbons (Fsp3) is 0.300. The molecule has 3 aromatic rings. The van der Waals surface area contributed by atoms with Gasteiger partial charge in [-0.25, -0.2) is 0 Å². The molecule has 0 unspecified atom stereocenters. The van der Waals surface area contributed by atoms with Crippen LogP contribution in [0.15, 0.2) is 47.1 Å². The second kappa shape index (κ2) is 8.81. The molecule has 0 aliphatic rings. The summed E-state index contributed by atoms with van der Waals surface area (Å²) in [6.07, 6.45) is -2.23. The van der Waals surface area contributed by atoms with Crippen LogP contribution in [0.3, 0.4) is 0 Å². The number of nitrogens with two attached hydrogens (primary N) is 1. The van der Waals surface area contributed by atoms with Crippen LogP contribution in [-0.4, -0.2) is 22.1 Å². The molecule has 3 rings (SSSR count). The van der Waals surface area contributed by atoms with Gasteiger partial charge in [0, 0.05) is 24.1 Å². The molecular weight excluding hydrogens is 467 g/mol. The minimum atomic E-state index is -4.39. The van der Waals surface area contributed by atoms with E-state index in [0.717, 1.165) is 27.2 Å². The highest BCUT2D eigenvalue weighted by Gasteiger charge is 2.30. The van der Waals surface area contributed by atoms with Crippen LogP contribution in [0.4, 0.5) is 13.2 Å². The van der Waals surface area contributed by atoms with Gasteiger partial charge in [-0.1, -0.05) is 18.2 Å². The lowest BCUT2D eigenvalue weighted by molar-refractivity contribution is -0.137. The lowest BCUT2D eigenvalue weighted by Gasteiger charge is -2.15. The summed E-state index contributed by atoms with van der Waals surface area (Å²) in [6, 6.07) is 8.80. The molecule has 0 amide bonds. The van der Waals surface area contributed by atoms with Gasteiger partial charge in [-0.3, -0.25) is 9.48 Å². The van der Waals surface area contributed by atoms with Crippen LogP contribution in [0.5, 0.6) is 0 Å². The number of rotatable bonds is 7. The smallest absolute Gasteiger partial charge is 0.330 e. The average Bonchev–Trinajstić information content (AvgIpc) is 3.25. The third kappa shape index (κ3) is 5.15. The highest BCUT2D eigenvalue weighted by molar-refractivity contribution is 9.10. The number of hydrogen-bond donors (Lipinski definition) is 1. The molecule has 2 N–H and O–H groups in total. The minimum absolute atomic E-state index is 0.0773. The number of benzene rings is 1. The molecule has 4 nitrogen and oxygen atoms in total. The second-order valence-electron chi connectivity index (χ2n) is 6.76. The van der Waals surface area contributed by atoms with Crippen molar-refractivity contribution in [3.8, 4) is 10.6 Å². The first-order chi connectivity index (χ1) is 13.7. The molecule has 0 aliphatic heterocycles. The van der Waals surface area contributed by atoms with Gasteiger partial charge in [0.1, 0.15) is 0 Å². The van der Waals surface area contributed by atoms with Gasteiger partial charge in [0.25, 0.3) is 0 Å². The van der Waals surface area contributed by atoms with Crippen LogP contribution < -0.4 is 5.73 Å². The van der Waals surface area contributed by atoms with Crippen LogP contribution in [0.25, 0.3) is 10.6 Å². The first-order valence-corrected chi connectivity index (χ1v) is 10.5. The Balaban J connectivity index is 1.73. The fourth-order valence-electron chi connectivity index (χ4n) is 3.09. The highest BCUT2D eigenvalue weighted by Crippen LogP contribution is 2.37. The summed E-state index contributed by atoms with van der Waals surface area (Å²) in [5, 5.41) is 4.14. The van der Waals surface area contributed by atoms with Gasteiger partial charge < -0.3 is 5.73 Å². The summed E-state index contributed by atoms with van der Waals surface area (Å²) in [5.74, 6) is -0.321. The topological polar surface area (TPSA) is 60.9 Å². The monoisotopic (exact) mass is 485 g/mol. The molecule has 154 valence electrons. The van der Waals surface area contributed by atoms with Gasteiger partial charge >= 0.3 is 6.18 Å². The van der Waals surface area contributed by atoms with Gasteiger partial charge in [-0.15, -0.1) is 11.3 Å². The first-order valence-electron chi connectivity index (χ1n) is 8.86. The fourth-order valence-corrected chi connectivity index (χ4v) is 4.97. The van der Waals surface area contributed by atoms with Crippen LogP contribution in [-0.2, 0) is 19.6 Å². The zero-order valence-corrected chi connectivity index (χ0v) is 17.9. The SMILES string of the molecule is Cn1nccc1-c1sc(C(=O)C[C@H](CN)Cc2cccc(C(F)(F)F)c2)cc1Br. The molecular formula is C20H19BrF3N3OS. The van der Waals surface area contributed by atoms with Crippen LogP contribution >= 0.6 is 27.3 Å². The van der Waals surface area contributed by atoms with Gasteiger partial charge in [-0.05, 0) is 58.6 Å². The van der Waals surface area contributed by atoms with E-state index in [0.29, 0.717) is 16.9 Å². The van der Waals surface area contributed by atoms with Crippen LogP contribution in [0.1, 0.15) is 27.2 Å². The maximum atomic E-state index is 12.9. The predicted octanol–water partition coefficient (Wildman–Crippen LogP) is 5.32. The van der Waals surface area contributed by atoms with E-state index in [1.54, 1.807) is 23.0 Å². The highest BCUT2D eigenvalue weighted by atomic mass is 79.9. The summed E-state index contributed by atoms with van der Waals surface area (Å²) >= 11 is 4.85. The largest absolute Gasteiger partial charge is 0.416 e. The Labute approximate surface area is 178 Å². The zero-order valence-electron chi connectivity index (χ0n) is 15.5. The number of halogens is 4. The van der Waals surface area contributed by atoms with Crippen molar-refractivity contribution in [2.75, 3.05) is 6.54 Å². The van der Waals surface area contributed by atoms with E-state index in [-0.39, 0.29) is 24.7 Å². The molecule has 2 aromatic heterocycles. The van der Waals surface area contributed by atoms with Crippen molar-refractivity contribution in [1.29, 1.82) is 0 Å². The Kier molecular flexibility index (Phi) is 6.60. The molecule has 9 heteroatoms. The van der Waals surface area contributed by atoms with Crippen LogP contribution in [0.2, 0.25) is 0 Å². The lowest BCUT2D eigenvalue weighted by atomic mass is 9.93. The van der Waals surface area contributed by atoms with E-state index < -0.39 is 11.7 Å². The molecule has 0 saturated heterocycles. The molecule has 1 aromatic carbocycles. The second-order valence-corrected chi connectivity index (χ2v) is 8.67. The zero-order chi connectivity index (χ0) is 21.2.